The molecule has 1 heterocycles. The van der Waals surface area contributed by atoms with Crippen molar-refractivity contribution in [3.63, 3.8) is 0 Å². The molecule has 6 nitrogen and oxygen atoms in total. The SMILES string of the molecule is NC(=O)C(O)[C@@H]1CCCCCOc2ccc(F)c(c2)-c2ccccc2C(=O)N1. The molecule has 3 rings (SSSR count). The van der Waals surface area contributed by atoms with Crippen molar-refractivity contribution in [1.82, 2.24) is 5.32 Å². The van der Waals surface area contributed by atoms with E-state index in [1.807, 2.05) is 0 Å². The van der Waals surface area contributed by atoms with Crippen molar-refractivity contribution < 1.29 is 23.8 Å². The molecular weight excluding hydrogens is 363 g/mol. The number of nitrogens with one attached hydrogen (secondary N) is 1. The molecule has 1 aliphatic heterocycles. The van der Waals surface area contributed by atoms with Crippen LogP contribution in [0.2, 0.25) is 0 Å². The number of halogens is 1. The normalized spacial score (nSPS) is 18.8. The van der Waals surface area contributed by atoms with Crippen LogP contribution in [0.1, 0.15) is 36.0 Å². The number of carbonyl (C=O) groups is 2. The van der Waals surface area contributed by atoms with E-state index in [2.05, 4.69) is 5.32 Å². The van der Waals surface area contributed by atoms with Gasteiger partial charge in [-0.3, -0.25) is 9.59 Å². The molecule has 0 spiro atoms. The summed E-state index contributed by atoms with van der Waals surface area (Å²) < 4.78 is 20.2. The first-order valence-corrected chi connectivity index (χ1v) is 9.27. The lowest BCUT2D eigenvalue weighted by Gasteiger charge is -2.23. The highest BCUT2D eigenvalue weighted by atomic mass is 19.1. The first-order valence-electron chi connectivity index (χ1n) is 9.27. The molecule has 2 amide bonds. The second kappa shape index (κ2) is 8.84. The Morgan fingerprint density at radius 3 is 2.64 bits per heavy atom. The molecule has 1 unspecified atom stereocenters. The summed E-state index contributed by atoms with van der Waals surface area (Å²) in [7, 11) is 0. The maximum Gasteiger partial charge on any atom is 0.252 e. The van der Waals surface area contributed by atoms with Gasteiger partial charge in [-0.1, -0.05) is 24.6 Å². The number of rotatable bonds is 2. The number of fused-ring (bicyclic) bond motifs is 4. The quantitative estimate of drug-likeness (QED) is 0.738. The number of primary amides is 1. The third-order valence-corrected chi connectivity index (χ3v) is 4.82. The van der Waals surface area contributed by atoms with Crippen molar-refractivity contribution in [2.24, 2.45) is 5.73 Å². The first kappa shape index (κ1) is 19.8. The van der Waals surface area contributed by atoms with Crippen molar-refractivity contribution in [2.75, 3.05) is 6.61 Å². The minimum atomic E-state index is -1.50. The highest BCUT2D eigenvalue weighted by molar-refractivity contribution is 6.01. The van der Waals surface area contributed by atoms with Crippen LogP contribution in [0.3, 0.4) is 0 Å². The number of amides is 2. The van der Waals surface area contributed by atoms with Gasteiger partial charge in [-0.05, 0) is 49.1 Å². The molecule has 2 aromatic rings. The van der Waals surface area contributed by atoms with Gasteiger partial charge in [0.2, 0.25) is 5.91 Å². The van der Waals surface area contributed by atoms with Gasteiger partial charge in [-0.2, -0.15) is 0 Å². The molecule has 0 aromatic heterocycles. The molecule has 0 aliphatic carbocycles. The lowest BCUT2D eigenvalue weighted by molar-refractivity contribution is -0.127. The van der Waals surface area contributed by atoms with E-state index in [0.29, 0.717) is 30.8 Å². The van der Waals surface area contributed by atoms with Gasteiger partial charge in [-0.25, -0.2) is 4.39 Å². The molecule has 0 saturated carbocycles. The fourth-order valence-corrected chi connectivity index (χ4v) is 3.30. The minimum Gasteiger partial charge on any atom is -0.494 e. The molecule has 148 valence electrons. The van der Waals surface area contributed by atoms with Gasteiger partial charge in [0.05, 0.1) is 12.6 Å². The van der Waals surface area contributed by atoms with Crippen molar-refractivity contribution in [3.8, 4) is 16.9 Å². The van der Waals surface area contributed by atoms with E-state index in [-0.39, 0.29) is 11.1 Å². The number of hydrogen-bond donors (Lipinski definition) is 3. The molecule has 2 bridgehead atoms. The number of benzene rings is 2. The van der Waals surface area contributed by atoms with E-state index in [4.69, 9.17) is 10.5 Å². The Balaban J connectivity index is 2.03. The molecule has 4 N–H and O–H groups in total. The second-order valence-corrected chi connectivity index (χ2v) is 6.81. The van der Waals surface area contributed by atoms with Crippen molar-refractivity contribution >= 4 is 11.8 Å². The Morgan fingerprint density at radius 1 is 1.14 bits per heavy atom. The first-order chi connectivity index (χ1) is 13.5. The zero-order chi connectivity index (χ0) is 20.1. The summed E-state index contributed by atoms with van der Waals surface area (Å²) in [5, 5.41) is 12.8. The van der Waals surface area contributed by atoms with Crippen LogP contribution >= 0.6 is 0 Å². The number of hydrogen-bond acceptors (Lipinski definition) is 4. The van der Waals surface area contributed by atoms with Gasteiger partial charge in [-0.15, -0.1) is 0 Å². The van der Waals surface area contributed by atoms with Crippen LogP contribution in [0, 0.1) is 5.82 Å². The van der Waals surface area contributed by atoms with Crippen molar-refractivity contribution in [3.05, 3.63) is 53.8 Å². The van der Waals surface area contributed by atoms with E-state index in [1.165, 1.54) is 6.07 Å². The predicted molar refractivity (Wildman–Crippen MR) is 102 cm³/mol. The van der Waals surface area contributed by atoms with E-state index < -0.39 is 29.8 Å². The Hall–Kier alpha value is -2.93. The third-order valence-electron chi connectivity index (χ3n) is 4.82. The van der Waals surface area contributed by atoms with Gasteiger partial charge in [0.25, 0.3) is 5.91 Å². The fourth-order valence-electron chi connectivity index (χ4n) is 3.30. The zero-order valence-electron chi connectivity index (χ0n) is 15.4. The van der Waals surface area contributed by atoms with Gasteiger partial charge >= 0.3 is 0 Å². The molecule has 2 aromatic carbocycles. The number of carbonyl (C=O) groups excluding carboxylic acids is 2. The van der Waals surface area contributed by atoms with Crippen LogP contribution < -0.4 is 15.8 Å². The summed E-state index contributed by atoms with van der Waals surface area (Å²) in [4.78, 5) is 24.3. The van der Waals surface area contributed by atoms with Gasteiger partial charge in [0.15, 0.2) is 6.10 Å². The minimum absolute atomic E-state index is 0.234. The van der Waals surface area contributed by atoms with E-state index in [1.54, 1.807) is 36.4 Å². The zero-order valence-corrected chi connectivity index (χ0v) is 15.4. The molecule has 7 heteroatoms. The number of aliphatic hydroxyl groups excluding tert-OH is 1. The largest absolute Gasteiger partial charge is 0.494 e. The predicted octanol–water partition coefficient (Wildman–Crippen LogP) is 2.39. The maximum atomic E-state index is 14.5. The lowest BCUT2D eigenvalue weighted by atomic mass is 9.97. The van der Waals surface area contributed by atoms with Gasteiger partial charge in [0.1, 0.15) is 11.6 Å². The Kier molecular flexibility index (Phi) is 6.26. The Labute approximate surface area is 162 Å². The molecule has 28 heavy (non-hydrogen) atoms. The Morgan fingerprint density at radius 2 is 1.89 bits per heavy atom. The van der Waals surface area contributed by atoms with Crippen LogP contribution in [0.25, 0.3) is 11.1 Å². The molecule has 0 radical (unpaired) electrons. The number of aliphatic hydroxyl groups is 1. The summed E-state index contributed by atoms with van der Waals surface area (Å²) in [6, 6.07) is 10.2. The second-order valence-electron chi connectivity index (χ2n) is 6.81. The topological polar surface area (TPSA) is 102 Å². The van der Waals surface area contributed by atoms with Crippen LogP contribution in [0.5, 0.6) is 5.75 Å². The molecule has 0 saturated heterocycles. The molecular formula is C21H23FN2O4. The van der Waals surface area contributed by atoms with Gasteiger partial charge in [0, 0.05) is 11.1 Å². The van der Waals surface area contributed by atoms with Crippen molar-refractivity contribution in [1.29, 1.82) is 0 Å². The maximum absolute atomic E-state index is 14.5. The highest BCUT2D eigenvalue weighted by Gasteiger charge is 2.27. The average Bonchev–Trinajstić information content (AvgIpc) is 2.69. The smallest absolute Gasteiger partial charge is 0.252 e. The molecule has 1 aliphatic rings. The number of nitrogens with two attached hydrogens (primary N) is 1. The standard InChI is InChI=1S/C21H23FN2O4/c22-17-10-9-13-12-16(17)14-6-3-4-7-15(14)21(27)24-18(19(25)20(23)26)8-2-1-5-11-28-13/h3-4,6-7,9-10,12,18-19,25H,1-2,5,8,11H2,(H2,23,26)(H,24,27)/t18-,19?/m0/s1. The van der Waals surface area contributed by atoms with Crippen LogP contribution in [-0.4, -0.2) is 35.7 Å². The van der Waals surface area contributed by atoms with E-state index >= 15 is 0 Å². The van der Waals surface area contributed by atoms with Gasteiger partial charge < -0.3 is 20.9 Å². The van der Waals surface area contributed by atoms with E-state index in [0.717, 1.165) is 12.8 Å². The van der Waals surface area contributed by atoms with Crippen molar-refractivity contribution in [2.45, 2.75) is 37.8 Å². The van der Waals surface area contributed by atoms with Crippen LogP contribution in [0.4, 0.5) is 4.39 Å². The fraction of sp³-hybridized carbons (Fsp3) is 0.333. The summed E-state index contributed by atoms with van der Waals surface area (Å²) in [6.45, 7) is 0.460. The Bertz CT molecular complexity index is 871. The molecule has 0 fully saturated rings. The van der Waals surface area contributed by atoms with E-state index in [9.17, 15) is 19.1 Å². The summed E-state index contributed by atoms with van der Waals surface area (Å²) in [5.74, 6) is -1.36. The monoisotopic (exact) mass is 386 g/mol. The van der Waals surface area contributed by atoms with Crippen LogP contribution in [-0.2, 0) is 4.79 Å². The molecule has 2 atom stereocenters. The van der Waals surface area contributed by atoms with Crippen LogP contribution in [0.15, 0.2) is 42.5 Å². The third kappa shape index (κ3) is 4.48. The summed E-state index contributed by atoms with van der Waals surface area (Å²) in [6.07, 6.45) is 1.09. The number of ether oxygens (including phenoxy) is 1. The summed E-state index contributed by atoms with van der Waals surface area (Å²) in [5.41, 5.74) is 6.09. The average molecular weight is 386 g/mol. The summed E-state index contributed by atoms with van der Waals surface area (Å²) >= 11 is 0. The lowest BCUT2D eigenvalue weighted by Crippen LogP contribution is -2.49. The highest BCUT2D eigenvalue weighted by Crippen LogP contribution is 2.30.